The Hall–Kier alpha value is -2.18. The fourth-order valence-electron chi connectivity index (χ4n) is 3.54. The van der Waals surface area contributed by atoms with Crippen LogP contribution >= 0.6 is 0 Å². The molecule has 7 heteroatoms. The lowest BCUT2D eigenvalue weighted by molar-refractivity contribution is -0.384. The summed E-state index contributed by atoms with van der Waals surface area (Å²) in [6, 6.07) is 2.06. The fraction of sp³-hybridized carbons (Fsp3) is 0.538. The van der Waals surface area contributed by atoms with Crippen LogP contribution < -0.4 is 4.90 Å². The Morgan fingerprint density at radius 2 is 2.30 bits per heavy atom. The van der Waals surface area contributed by atoms with E-state index < -0.39 is 16.9 Å². The zero-order chi connectivity index (χ0) is 14.3. The number of carboxylic acid groups (broad SMARTS) is 1. The minimum Gasteiger partial charge on any atom is -0.480 e. The topological polar surface area (TPSA) is 96.6 Å². The minimum atomic E-state index is -0.868. The first-order valence-corrected chi connectivity index (χ1v) is 6.68. The van der Waals surface area contributed by atoms with Crippen LogP contribution in [0.1, 0.15) is 19.3 Å². The molecule has 106 valence electrons. The number of nitro groups is 1. The van der Waals surface area contributed by atoms with Gasteiger partial charge in [0.05, 0.1) is 11.0 Å². The number of aromatic nitrogens is 1. The van der Waals surface area contributed by atoms with Gasteiger partial charge in [-0.05, 0) is 24.7 Å². The highest BCUT2D eigenvalue weighted by molar-refractivity contribution is 5.79. The molecule has 1 N–H and O–H groups in total. The van der Waals surface area contributed by atoms with Gasteiger partial charge in [-0.15, -0.1) is 0 Å². The van der Waals surface area contributed by atoms with Crippen LogP contribution in [-0.4, -0.2) is 33.6 Å². The Labute approximate surface area is 115 Å². The SMILES string of the molecule is O=C(O)C1C2CCCC2CN1c1cc([N+](=O)[O-])ccn1. The molecule has 1 aliphatic carbocycles. The van der Waals surface area contributed by atoms with Crippen molar-refractivity contribution in [3.63, 3.8) is 0 Å². The molecule has 0 radical (unpaired) electrons. The van der Waals surface area contributed by atoms with Crippen molar-refractivity contribution in [2.45, 2.75) is 25.3 Å². The Kier molecular flexibility index (Phi) is 3.04. The van der Waals surface area contributed by atoms with Gasteiger partial charge in [0.1, 0.15) is 11.9 Å². The molecular weight excluding hydrogens is 262 g/mol. The van der Waals surface area contributed by atoms with Gasteiger partial charge in [0.15, 0.2) is 0 Å². The van der Waals surface area contributed by atoms with E-state index in [4.69, 9.17) is 0 Å². The second kappa shape index (κ2) is 4.73. The zero-order valence-electron chi connectivity index (χ0n) is 10.8. The molecule has 3 atom stereocenters. The second-order valence-electron chi connectivity index (χ2n) is 5.42. The van der Waals surface area contributed by atoms with Gasteiger partial charge in [0.25, 0.3) is 5.69 Å². The van der Waals surface area contributed by atoms with E-state index in [0.717, 1.165) is 19.3 Å². The quantitative estimate of drug-likeness (QED) is 0.667. The second-order valence-corrected chi connectivity index (χ2v) is 5.42. The van der Waals surface area contributed by atoms with E-state index in [1.807, 2.05) is 0 Å². The normalized spacial score (nSPS) is 28.4. The maximum Gasteiger partial charge on any atom is 0.326 e. The van der Waals surface area contributed by atoms with Crippen LogP contribution in [0.15, 0.2) is 18.3 Å². The van der Waals surface area contributed by atoms with Gasteiger partial charge in [-0.3, -0.25) is 10.1 Å². The van der Waals surface area contributed by atoms with Gasteiger partial charge in [0.2, 0.25) is 0 Å². The van der Waals surface area contributed by atoms with E-state index in [1.54, 1.807) is 4.90 Å². The number of aliphatic carboxylic acids is 1. The van der Waals surface area contributed by atoms with Crippen molar-refractivity contribution in [3.05, 3.63) is 28.4 Å². The summed E-state index contributed by atoms with van der Waals surface area (Å²) in [6.45, 7) is 0.621. The number of nitrogens with zero attached hydrogens (tertiary/aromatic N) is 3. The van der Waals surface area contributed by atoms with Gasteiger partial charge in [-0.2, -0.15) is 0 Å². The molecule has 20 heavy (non-hydrogen) atoms. The largest absolute Gasteiger partial charge is 0.480 e. The van der Waals surface area contributed by atoms with Crippen molar-refractivity contribution in [3.8, 4) is 0 Å². The van der Waals surface area contributed by atoms with Crippen LogP contribution in [0.4, 0.5) is 11.5 Å². The summed E-state index contributed by atoms with van der Waals surface area (Å²) >= 11 is 0. The Morgan fingerprint density at radius 1 is 1.50 bits per heavy atom. The zero-order valence-corrected chi connectivity index (χ0v) is 10.8. The number of anilines is 1. The summed E-state index contributed by atoms with van der Waals surface area (Å²) < 4.78 is 0. The van der Waals surface area contributed by atoms with Crippen LogP contribution in [0.3, 0.4) is 0 Å². The molecule has 7 nitrogen and oxygen atoms in total. The summed E-state index contributed by atoms with van der Waals surface area (Å²) in [4.78, 5) is 27.7. The molecule has 0 aromatic carbocycles. The lowest BCUT2D eigenvalue weighted by Gasteiger charge is -2.25. The Bertz CT molecular complexity index is 562. The van der Waals surface area contributed by atoms with E-state index in [-0.39, 0.29) is 11.6 Å². The molecule has 0 bridgehead atoms. The van der Waals surface area contributed by atoms with E-state index in [0.29, 0.717) is 18.3 Å². The molecule has 1 saturated heterocycles. The average Bonchev–Trinajstić information content (AvgIpc) is 2.97. The third kappa shape index (κ3) is 1.99. The lowest BCUT2D eigenvalue weighted by Crippen LogP contribution is -2.40. The van der Waals surface area contributed by atoms with E-state index in [2.05, 4.69) is 4.98 Å². The molecule has 1 aromatic rings. The molecule has 1 aliphatic heterocycles. The maximum absolute atomic E-state index is 11.5. The van der Waals surface area contributed by atoms with E-state index >= 15 is 0 Å². The van der Waals surface area contributed by atoms with Crippen molar-refractivity contribution in [2.24, 2.45) is 11.8 Å². The average molecular weight is 277 g/mol. The highest BCUT2D eigenvalue weighted by atomic mass is 16.6. The first kappa shape index (κ1) is 12.8. The number of hydrogen-bond donors (Lipinski definition) is 1. The standard InChI is InChI=1S/C13H15N3O4/c17-13(18)12-10-3-1-2-8(10)7-15(12)11-6-9(16(19)20)4-5-14-11/h4-6,8,10,12H,1-3,7H2,(H,17,18). The first-order valence-electron chi connectivity index (χ1n) is 6.68. The molecular formula is C13H15N3O4. The van der Waals surface area contributed by atoms with Gasteiger partial charge in [-0.25, -0.2) is 9.78 Å². The van der Waals surface area contributed by atoms with E-state index in [9.17, 15) is 20.0 Å². The number of carboxylic acids is 1. The number of pyridine rings is 1. The molecule has 2 aliphatic rings. The highest BCUT2D eigenvalue weighted by Gasteiger charge is 2.48. The van der Waals surface area contributed by atoms with Crippen molar-refractivity contribution < 1.29 is 14.8 Å². The van der Waals surface area contributed by atoms with Crippen molar-refractivity contribution in [1.29, 1.82) is 0 Å². The van der Waals surface area contributed by atoms with Gasteiger partial charge in [0, 0.05) is 18.8 Å². The van der Waals surface area contributed by atoms with Crippen LogP contribution in [0, 0.1) is 22.0 Å². The summed E-state index contributed by atoms with van der Waals surface area (Å²) in [6.07, 6.45) is 4.36. The summed E-state index contributed by atoms with van der Waals surface area (Å²) in [5, 5.41) is 20.3. The maximum atomic E-state index is 11.5. The van der Waals surface area contributed by atoms with Gasteiger partial charge < -0.3 is 10.0 Å². The van der Waals surface area contributed by atoms with Gasteiger partial charge in [-0.1, -0.05) is 6.42 Å². The fourth-order valence-corrected chi connectivity index (χ4v) is 3.54. The Morgan fingerprint density at radius 3 is 3.00 bits per heavy atom. The predicted molar refractivity (Wildman–Crippen MR) is 70.5 cm³/mol. The molecule has 1 aromatic heterocycles. The van der Waals surface area contributed by atoms with Crippen molar-refractivity contribution >= 4 is 17.5 Å². The monoisotopic (exact) mass is 277 g/mol. The molecule has 3 unspecified atom stereocenters. The van der Waals surface area contributed by atoms with Crippen LogP contribution in [-0.2, 0) is 4.79 Å². The van der Waals surface area contributed by atoms with Crippen LogP contribution in [0.5, 0.6) is 0 Å². The predicted octanol–water partition coefficient (Wildman–Crippen LogP) is 1.68. The number of fused-ring (bicyclic) bond motifs is 1. The smallest absolute Gasteiger partial charge is 0.326 e. The van der Waals surface area contributed by atoms with E-state index in [1.165, 1.54) is 18.3 Å². The van der Waals surface area contributed by atoms with Crippen molar-refractivity contribution in [2.75, 3.05) is 11.4 Å². The third-order valence-electron chi connectivity index (χ3n) is 4.38. The van der Waals surface area contributed by atoms with Crippen LogP contribution in [0.25, 0.3) is 0 Å². The van der Waals surface area contributed by atoms with Crippen molar-refractivity contribution in [1.82, 2.24) is 4.98 Å². The third-order valence-corrected chi connectivity index (χ3v) is 4.38. The molecule has 3 rings (SSSR count). The number of hydrogen-bond acceptors (Lipinski definition) is 5. The first-order chi connectivity index (χ1) is 9.58. The Balaban J connectivity index is 1.94. The molecule has 0 amide bonds. The summed E-state index contributed by atoms with van der Waals surface area (Å²) in [7, 11) is 0. The van der Waals surface area contributed by atoms with Gasteiger partial charge >= 0.3 is 5.97 Å². The van der Waals surface area contributed by atoms with Crippen LogP contribution in [0.2, 0.25) is 0 Å². The molecule has 0 spiro atoms. The highest BCUT2D eigenvalue weighted by Crippen LogP contribution is 2.43. The molecule has 2 heterocycles. The summed E-state index contributed by atoms with van der Waals surface area (Å²) in [5.41, 5.74) is -0.0591. The molecule has 2 fully saturated rings. The number of carbonyl (C=O) groups is 1. The molecule has 1 saturated carbocycles. The minimum absolute atomic E-state index is 0.0591. The summed E-state index contributed by atoms with van der Waals surface area (Å²) in [5.74, 6) is 0.0134. The lowest BCUT2D eigenvalue weighted by atomic mass is 9.94. The number of rotatable bonds is 3.